The van der Waals surface area contributed by atoms with E-state index in [2.05, 4.69) is 10.6 Å². The largest absolute Gasteiger partial charge is 0.497 e. The van der Waals surface area contributed by atoms with Crippen LogP contribution in [0.15, 0.2) is 72.8 Å². The molecule has 3 aromatic rings. The third kappa shape index (κ3) is 6.60. The molecule has 0 aliphatic carbocycles. The molecule has 0 saturated heterocycles. The van der Waals surface area contributed by atoms with Crippen LogP contribution in [0.5, 0.6) is 11.5 Å². The summed E-state index contributed by atoms with van der Waals surface area (Å²) in [5.41, 5.74) is 3.14. The second-order valence-electron chi connectivity index (χ2n) is 7.29. The van der Waals surface area contributed by atoms with Gasteiger partial charge in [-0.25, -0.2) is 0 Å². The third-order valence-corrected chi connectivity index (χ3v) is 5.10. The monoisotopic (exact) mass is 432 g/mol. The number of rotatable bonds is 10. The fourth-order valence-electron chi connectivity index (χ4n) is 3.23. The van der Waals surface area contributed by atoms with Crippen LogP contribution in [0.2, 0.25) is 0 Å². The van der Waals surface area contributed by atoms with Gasteiger partial charge in [-0.1, -0.05) is 30.3 Å². The van der Waals surface area contributed by atoms with E-state index < -0.39 is 0 Å². The Kier molecular flexibility index (Phi) is 8.26. The molecule has 3 rings (SSSR count). The predicted molar refractivity (Wildman–Crippen MR) is 125 cm³/mol. The molecule has 32 heavy (non-hydrogen) atoms. The van der Waals surface area contributed by atoms with Crippen LogP contribution in [0.4, 0.5) is 0 Å². The highest BCUT2D eigenvalue weighted by Crippen LogP contribution is 2.12. The summed E-state index contributed by atoms with van der Waals surface area (Å²) in [5.74, 6) is 1.20. The quantitative estimate of drug-likeness (QED) is 0.513. The van der Waals surface area contributed by atoms with Crippen LogP contribution < -0.4 is 20.1 Å². The Bertz CT molecular complexity index is 950. The van der Waals surface area contributed by atoms with Gasteiger partial charge in [0.25, 0.3) is 11.8 Å². The Morgan fingerprint density at radius 2 is 1.06 bits per heavy atom. The summed E-state index contributed by atoms with van der Waals surface area (Å²) in [7, 11) is 3.26. The number of ether oxygens (including phenoxy) is 2. The first-order valence-electron chi connectivity index (χ1n) is 10.5. The number of methoxy groups -OCH3 is 2. The van der Waals surface area contributed by atoms with E-state index in [-0.39, 0.29) is 11.8 Å². The van der Waals surface area contributed by atoms with Gasteiger partial charge >= 0.3 is 0 Å². The predicted octanol–water partition coefficient (Wildman–Crippen LogP) is 3.65. The summed E-state index contributed by atoms with van der Waals surface area (Å²) >= 11 is 0. The summed E-state index contributed by atoms with van der Waals surface area (Å²) in [4.78, 5) is 25.0. The molecule has 0 aromatic heterocycles. The Balaban J connectivity index is 1.47. The average molecular weight is 433 g/mol. The highest BCUT2D eigenvalue weighted by atomic mass is 16.5. The van der Waals surface area contributed by atoms with Gasteiger partial charge in [-0.15, -0.1) is 0 Å². The van der Waals surface area contributed by atoms with E-state index in [0.29, 0.717) is 37.1 Å². The molecule has 0 saturated carbocycles. The highest BCUT2D eigenvalue weighted by molar-refractivity contribution is 5.99. The molecule has 6 heteroatoms. The topological polar surface area (TPSA) is 76.7 Å². The van der Waals surface area contributed by atoms with Crippen molar-refractivity contribution in [1.82, 2.24) is 10.6 Å². The van der Waals surface area contributed by atoms with Crippen molar-refractivity contribution < 1.29 is 19.1 Å². The molecule has 0 atom stereocenters. The highest BCUT2D eigenvalue weighted by Gasteiger charge is 2.10. The maximum Gasteiger partial charge on any atom is 0.251 e. The van der Waals surface area contributed by atoms with E-state index >= 15 is 0 Å². The first kappa shape index (κ1) is 22.9. The zero-order valence-electron chi connectivity index (χ0n) is 18.4. The molecule has 0 unspecified atom stereocenters. The summed E-state index contributed by atoms with van der Waals surface area (Å²) < 4.78 is 10.3. The molecule has 0 bridgehead atoms. The van der Waals surface area contributed by atoms with Crippen molar-refractivity contribution in [2.75, 3.05) is 27.3 Å². The van der Waals surface area contributed by atoms with E-state index in [1.807, 2.05) is 48.5 Å². The van der Waals surface area contributed by atoms with Crippen molar-refractivity contribution in [3.63, 3.8) is 0 Å². The van der Waals surface area contributed by atoms with E-state index in [1.54, 1.807) is 38.5 Å². The number of carbonyl (C=O) groups is 2. The van der Waals surface area contributed by atoms with E-state index in [1.165, 1.54) is 0 Å². The van der Waals surface area contributed by atoms with Gasteiger partial charge < -0.3 is 20.1 Å². The molecule has 2 N–H and O–H groups in total. The van der Waals surface area contributed by atoms with Gasteiger partial charge in [-0.05, 0) is 66.4 Å². The van der Waals surface area contributed by atoms with Gasteiger partial charge in [-0.2, -0.15) is 0 Å². The van der Waals surface area contributed by atoms with Crippen molar-refractivity contribution in [2.45, 2.75) is 12.8 Å². The van der Waals surface area contributed by atoms with Crippen molar-refractivity contribution >= 4 is 11.8 Å². The number of nitrogens with one attached hydrogen (secondary N) is 2. The first-order valence-corrected chi connectivity index (χ1v) is 10.5. The van der Waals surface area contributed by atoms with Crippen LogP contribution in [-0.2, 0) is 12.8 Å². The molecule has 0 aliphatic rings. The Labute approximate surface area is 188 Å². The van der Waals surface area contributed by atoms with E-state index in [9.17, 15) is 9.59 Å². The minimum absolute atomic E-state index is 0.202. The zero-order valence-corrected chi connectivity index (χ0v) is 18.4. The summed E-state index contributed by atoms with van der Waals surface area (Å²) in [6, 6.07) is 22.2. The first-order chi connectivity index (χ1) is 15.6. The molecule has 0 spiro atoms. The van der Waals surface area contributed by atoms with Gasteiger partial charge in [0.05, 0.1) is 14.2 Å². The lowest BCUT2D eigenvalue weighted by atomic mass is 10.1. The smallest absolute Gasteiger partial charge is 0.251 e. The molecule has 0 heterocycles. The van der Waals surface area contributed by atoms with Crippen LogP contribution in [0.25, 0.3) is 0 Å². The van der Waals surface area contributed by atoms with E-state index in [4.69, 9.17) is 9.47 Å². The Morgan fingerprint density at radius 3 is 1.44 bits per heavy atom. The molecule has 2 amide bonds. The molecule has 0 fully saturated rings. The average Bonchev–Trinajstić information content (AvgIpc) is 2.84. The second-order valence-corrected chi connectivity index (χ2v) is 7.29. The van der Waals surface area contributed by atoms with Crippen molar-refractivity contribution in [3.8, 4) is 11.5 Å². The van der Waals surface area contributed by atoms with Crippen LogP contribution in [0, 0.1) is 0 Å². The number of benzene rings is 3. The lowest BCUT2D eigenvalue weighted by molar-refractivity contribution is 0.0953. The number of carbonyl (C=O) groups excluding carboxylic acids is 2. The van der Waals surface area contributed by atoms with Crippen LogP contribution in [0.3, 0.4) is 0 Å². The van der Waals surface area contributed by atoms with Gasteiger partial charge in [0.1, 0.15) is 11.5 Å². The number of amides is 2. The molecular formula is C26H28N2O4. The molecular weight excluding hydrogens is 404 g/mol. The fourth-order valence-corrected chi connectivity index (χ4v) is 3.23. The standard InChI is InChI=1S/C26H28N2O4/c1-31-23-10-6-19(7-11-23)14-16-27-25(29)21-4-3-5-22(18-21)26(30)28-17-15-20-8-12-24(32-2)13-9-20/h3-13,18H,14-17H2,1-2H3,(H,27,29)(H,28,30). The van der Waals surface area contributed by atoms with Gasteiger partial charge in [0.15, 0.2) is 0 Å². The number of hydrogen-bond acceptors (Lipinski definition) is 4. The zero-order chi connectivity index (χ0) is 22.8. The summed E-state index contributed by atoms with van der Waals surface area (Å²) in [5, 5.41) is 5.81. The fraction of sp³-hybridized carbons (Fsp3) is 0.231. The van der Waals surface area contributed by atoms with Gasteiger partial charge in [-0.3, -0.25) is 9.59 Å². The maximum absolute atomic E-state index is 12.5. The van der Waals surface area contributed by atoms with Gasteiger partial charge in [0.2, 0.25) is 0 Å². The second kappa shape index (κ2) is 11.6. The van der Waals surface area contributed by atoms with Gasteiger partial charge in [0, 0.05) is 24.2 Å². The minimum Gasteiger partial charge on any atom is -0.497 e. The molecule has 166 valence electrons. The molecule has 3 aromatic carbocycles. The molecule has 0 radical (unpaired) electrons. The van der Waals surface area contributed by atoms with E-state index in [0.717, 1.165) is 22.6 Å². The normalized spacial score (nSPS) is 10.3. The van der Waals surface area contributed by atoms with Crippen LogP contribution >= 0.6 is 0 Å². The number of hydrogen-bond donors (Lipinski definition) is 2. The van der Waals surface area contributed by atoms with Crippen LogP contribution in [0.1, 0.15) is 31.8 Å². The molecule has 6 nitrogen and oxygen atoms in total. The van der Waals surface area contributed by atoms with Crippen molar-refractivity contribution in [3.05, 3.63) is 95.1 Å². The van der Waals surface area contributed by atoms with Crippen molar-refractivity contribution in [2.24, 2.45) is 0 Å². The lowest BCUT2D eigenvalue weighted by Crippen LogP contribution is -2.28. The SMILES string of the molecule is COc1ccc(CCNC(=O)c2cccc(C(=O)NCCc3ccc(OC)cc3)c2)cc1. The Morgan fingerprint density at radius 1 is 0.656 bits per heavy atom. The lowest BCUT2D eigenvalue weighted by Gasteiger charge is -2.09. The Hall–Kier alpha value is -3.80. The summed E-state index contributed by atoms with van der Waals surface area (Å²) in [6.07, 6.45) is 1.42. The van der Waals surface area contributed by atoms with Crippen LogP contribution in [-0.4, -0.2) is 39.1 Å². The third-order valence-electron chi connectivity index (χ3n) is 5.10. The molecule has 0 aliphatic heterocycles. The maximum atomic E-state index is 12.5. The van der Waals surface area contributed by atoms with Crippen molar-refractivity contribution in [1.29, 1.82) is 0 Å². The summed E-state index contributed by atoms with van der Waals surface area (Å²) in [6.45, 7) is 1.01. The minimum atomic E-state index is -0.202.